The Morgan fingerprint density at radius 1 is 1.40 bits per heavy atom. The number of carbonyl (C=O) groups excluding carboxylic acids is 1. The number of hydrogen-bond acceptors (Lipinski definition) is 4. The number of hydrogen-bond donors (Lipinski definition) is 0. The average molecular weight is 269 g/mol. The van der Waals surface area contributed by atoms with E-state index >= 15 is 0 Å². The van der Waals surface area contributed by atoms with Crippen molar-refractivity contribution in [3.63, 3.8) is 0 Å². The van der Waals surface area contributed by atoms with Crippen LogP contribution < -0.4 is 4.74 Å². The van der Waals surface area contributed by atoms with Crippen LogP contribution >= 0.6 is 0 Å². The van der Waals surface area contributed by atoms with E-state index in [0.29, 0.717) is 29.1 Å². The molecule has 1 unspecified atom stereocenters. The highest BCUT2D eigenvalue weighted by Crippen LogP contribution is 2.30. The van der Waals surface area contributed by atoms with Gasteiger partial charge in [0.05, 0.1) is 25.0 Å². The molecule has 20 heavy (non-hydrogen) atoms. The molecule has 2 aromatic rings. The molecule has 4 heteroatoms. The van der Waals surface area contributed by atoms with Crippen LogP contribution in [0.5, 0.6) is 5.75 Å². The molecule has 0 spiro atoms. The van der Waals surface area contributed by atoms with Crippen LogP contribution in [0.4, 0.5) is 0 Å². The summed E-state index contributed by atoms with van der Waals surface area (Å²) in [4.78, 5) is 12.5. The fourth-order valence-corrected chi connectivity index (χ4v) is 2.16. The van der Waals surface area contributed by atoms with Gasteiger partial charge in [0.1, 0.15) is 17.4 Å². The van der Waals surface area contributed by atoms with Gasteiger partial charge in [0.15, 0.2) is 5.78 Å². The number of nitrogens with zero attached hydrogens (tertiary/aromatic N) is 1. The summed E-state index contributed by atoms with van der Waals surface area (Å²) in [7, 11) is 1.52. The average Bonchev–Trinajstić information content (AvgIpc) is 2.96. The highest BCUT2D eigenvalue weighted by Gasteiger charge is 2.27. The molecule has 0 fully saturated rings. The summed E-state index contributed by atoms with van der Waals surface area (Å²) >= 11 is 0. The third-order valence-electron chi connectivity index (χ3n) is 3.17. The third kappa shape index (κ3) is 2.43. The third-order valence-corrected chi connectivity index (χ3v) is 3.17. The zero-order valence-electron chi connectivity index (χ0n) is 11.4. The molecule has 0 radical (unpaired) electrons. The molecule has 1 heterocycles. The van der Waals surface area contributed by atoms with Gasteiger partial charge in [-0.2, -0.15) is 5.26 Å². The van der Waals surface area contributed by atoms with Crippen LogP contribution in [0.15, 0.2) is 41.0 Å². The van der Waals surface area contributed by atoms with Crippen molar-refractivity contribution in [2.24, 2.45) is 0 Å². The molecule has 1 aromatic carbocycles. The monoisotopic (exact) mass is 269 g/mol. The minimum atomic E-state index is -0.894. The number of furan rings is 1. The number of benzene rings is 1. The first-order valence-corrected chi connectivity index (χ1v) is 6.36. The second kappa shape index (κ2) is 6.07. The Morgan fingerprint density at radius 2 is 2.15 bits per heavy atom. The maximum atomic E-state index is 12.5. The number of ether oxygens (including phenoxy) is 1. The number of ketones is 1. The highest BCUT2D eigenvalue weighted by molar-refractivity contribution is 6.03. The molecule has 0 aliphatic heterocycles. The first-order valence-electron chi connectivity index (χ1n) is 6.36. The summed E-state index contributed by atoms with van der Waals surface area (Å²) in [5.41, 5.74) is 1.04. The van der Waals surface area contributed by atoms with Crippen LogP contribution in [0.2, 0.25) is 0 Å². The predicted molar refractivity (Wildman–Crippen MR) is 73.8 cm³/mol. The SMILES string of the molecule is CCc1occc1C(=O)C(C#N)c1ccccc1OC. The van der Waals surface area contributed by atoms with Gasteiger partial charge in [-0.25, -0.2) is 0 Å². The van der Waals surface area contributed by atoms with Gasteiger partial charge in [0.25, 0.3) is 0 Å². The summed E-state index contributed by atoms with van der Waals surface area (Å²) in [6.45, 7) is 1.90. The van der Waals surface area contributed by atoms with Crippen molar-refractivity contribution >= 4 is 5.78 Å². The van der Waals surface area contributed by atoms with Gasteiger partial charge in [0.2, 0.25) is 0 Å². The Labute approximate surface area is 117 Å². The van der Waals surface area contributed by atoms with Gasteiger partial charge in [-0.05, 0) is 12.1 Å². The first kappa shape index (κ1) is 13.9. The molecule has 0 bridgehead atoms. The molecule has 1 atom stereocenters. The molecule has 0 saturated carbocycles. The number of para-hydroxylation sites is 1. The van der Waals surface area contributed by atoms with E-state index in [1.807, 2.05) is 6.92 Å². The van der Waals surface area contributed by atoms with Gasteiger partial charge < -0.3 is 9.15 Å². The maximum absolute atomic E-state index is 12.5. The molecule has 0 amide bonds. The highest BCUT2D eigenvalue weighted by atomic mass is 16.5. The molecule has 0 saturated heterocycles. The van der Waals surface area contributed by atoms with Crippen molar-refractivity contribution in [1.29, 1.82) is 5.26 Å². The lowest BCUT2D eigenvalue weighted by Crippen LogP contribution is -2.13. The van der Waals surface area contributed by atoms with E-state index in [1.165, 1.54) is 13.4 Å². The number of rotatable bonds is 5. The number of aryl methyl sites for hydroxylation is 1. The lowest BCUT2D eigenvalue weighted by molar-refractivity contribution is 0.0976. The summed E-state index contributed by atoms with van der Waals surface area (Å²) in [5, 5.41) is 9.38. The summed E-state index contributed by atoms with van der Waals surface area (Å²) in [6, 6.07) is 10.7. The molecule has 0 aliphatic rings. The largest absolute Gasteiger partial charge is 0.496 e. The second-order valence-electron chi connectivity index (χ2n) is 4.28. The van der Waals surface area contributed by atoms with Gasteiger partial charge in [0, 0.05) is 12.0 Å². The van der Waals surface area contributed by atoms with Crippen LogP contribution in [0.3, 0.4) is 0 Å². The Morgan fingerprint density at radius 3 is 2.80 bits per heavy atom. The van der Waals surface area contributed by atoms with Crippen molar-refractivity contribution in [3.8, 4) is 11.8 Å². The van der Waals surface area contributed by atoms with Crippen LogP contribution in [-0.4, -0.2) is 12.9 Å². The number of methoxy groups -OCH3 is 1. The molecule has 1 aromatic heterocycles. The van der Waals surface area contributed by atoms with Crippen LogP contribution in [0.25, 0.3) is 0 Å². The molecule has 0 aliphatic carbocycles. The fraction of sp³-hybridized carbons (Fsp3) is 0.250. The standard InChI is InChI=1S/C16H15NO3/c1-3-14-12(8-9-20-14)16(18)13(10-17)11-6-4-5-7-15(11)19-2/h4-9,13H,3H2,1-2H3. The smallest absolute Gasteiger partial charge is 0.188 e. The summed E-state index contributed by atoms with van der Waals surface area (Å²) < 4.78 is 10.5. The number of nitriles is 1. The topological polar surface area (TPSA) is 63.2 Å². The van der Waals surface area contributed by atoms with Gasteiger partial charge in [-0.3, -0.25) is 4.79 Å². The van der Waals surface area contributed by atoms with E-state index < -0.39 is 5.92 Å². The van der Waals surface area contributed by atoms with Crippen molar-refractivity contribution in [2.45, 2.75) is 19.3 Å². The van der Waals surface area contributed by atoms with E-state index in [9.17, 15) is 10.1 Å². The maximum Gasteiger partial charge on any atom is 0.188 e. The van der Waals surface area contributed by atoms with Crippen LogP contribution in [0.1, 0.15) is 34.5 Å². The van der Waals surface area contributed by atoms with Gasteiger partial charge in [-0.15, -0.1) is 0 Å². The molecular formula is C16H15NO3. The molecule has 102 valence electrons. The lowest BCUT2D eigenvalue weighted by atomic mass is 9.91. The Hall–Kier alpha value is -2.54. The zero-order chi connectivity index (χ0) is 14.5. The van der Waals surface area contributed by atoms with Crippen molar-refractivity contribution < 1.29 is 13.9 Å². The van der Waals surface area contributed by atoms with E-state index in [2.05, 4.69) is 6.07 Å². The van der Waals surface area contributed by atoms with Crippen molar-refractivity contribution in [2.75, 3.05) is 7.11 Å². The van der Waals surface area contributed by atoms with Gasteiger partial charge in [-0.1, -0.05) is 25.1 Å². The summed E-state index contributed by atoms with van der Waals surface area (Å²) in [6.07, 6.45) is 2.08. The normalized spacial score (nSPS) is 11.7. The predicted octanol–water partition coefficient (Wildman–Crippen LogP) is 3.34. The van der Waals surface area contributed by atoms with E-state index in [4.69, 9.17) is 9.15 Å². The molecule has 2 rings (SSSR count). The Kier molecular flexibility index (Phi) is 4.21. The first-order chi connectivity index (χ1) is 9.72. The lowest BCUT2D eigenvalue weighted by Gasteiger charge is -2.12. The van der Waals surface area contributed by atoms with Crippen molar-refractivity contribution in [3.05, 3.63) is 53.5 Å². The minimum absolute atomic E-state index is 0.261. The van der Waals surface area contributed by atoms with Crippen LogP contribution in [0, 0.1) is 11.3 Å². The Balaban J connectivity index is 2.43. The molecule has 0 N–H and O–H groups in total. The zero-order valence-corrected chi connectivity index (χ0v) is 11.4. The van der Waals surface area contributed by atoms with E-state index in [1.54, 1.807) is 30.3 Å². The van der Waals surface area contributed by atoms with Gasteiger partial charge >= 0.3 is 0 Å². The minimum Gasteiger partial charge on any atom is -0.496 e. The van der Waals surface area contributed by atoms with E-state index in [-0.39, 0.29) is 5.78 Å². The summed E-state index contributed by atoms with van der Waals surface area (Å²) in [5.74, 6) is -0.0178. The number of carbonyl (C=O) groups is 1. The van der Waals surface area contributed by atoms with Crippen molar-refractivity contribution in [1.82, 2.24) is 0 Å². The fourth-order valence-electron chi connectivity index (χ4n) is 2.16. The second-order valence-corrected chi connectivity index (χ2v) is 4.28. The van der Waals surface area contributed by atoms with E-state index in [0.717, 1.165) is 0 Å². The number of Topliss-reactive ketones (excluding diaryl/α,β-unsaturated/α-hetero) is 1. The van der Waals surface area contributed by atoms with Crippen LogP contribution in [-0.2, 0) is 6.42 Å². The Bertz CT molecular complexity index is 652. The quantitative estimate of drug-likeness (QED) is 0.781. The molecule has 4 nitrogen and oxygen atoms in total. The molecular weight excluding hydrogens is 254 g/mol.